The Bertz CT molecular complexity index is 1930. The number of hydrogen-bond donors (Lipinski definition) is 0. The molecule has 7 heteroatoms. The molecule has 1 atom stereocenters. The van der Waals surface area contributed by atoms with Gasteiger partial charge in [0.05, 0.1) is 35.6 Å². The highest BCUT2D eigenvalue weighted by atomic mass is 32.1. The zero-order chi connectivity index (χ0) is 27.1. The van der Waals surface area contributed by atoms with Crippen LogP contribution in [-0.2, 0) is 9.53 Å². The molecule has 0 N–H and O–H groups in total. The van der Waals surface area contributed by atoms with Crippen LogP contribution in [0.4, 0.5) is 0 Å². The van der Waals surface area contributed by atoms with Crippen molar-refractivity contribution in [2.24, 2.45) is 4.99 Å². The summed E-state index contributed by atoms with van der Waals surface area (Å²) in [5.74, 6) is 0.149. The number of benzene rings is 4. The van der Waals surface area contributed by atoms with Crippen LogP contribution < -0.4 is 19.6 Å². The van der Waals surface area contributed by atoms with Gasteiger partial charge in [-0.3, -0.25) is 9.36 Å². The van der Waals surface area contributed by atoms with E-state index in [9.17, 15) is 9.59 Å². The Morgan fingerprint density at radius 2 is 1.69 bits per heavy atom. The molecule has 1 unspecified atom stereocenters. The number of thiazole rings is 1. The number of aromatic nitrogens is 1. The molecule has 1 aliphatic heterocycles. The van der Waals surface area contributed by atoms with E-state index >= 15 is 0 Å². The molecule has 6 nitrogen and oxygen atoms in total. The van der Waals surface area contributed by atoms with E-state index in [1.807, 2.05) is 54.6 Å². The van der Waals surface area contributed by atoms with Crippen molar-refractivity contribution in [3.63, 3.8) is 0 Å². The van der Waals surface area contributed by atoms with Gasteiger partial charge in [0.2, 0.25) is 0 Å². The molecule has 0 saturated carbocycles. The summed E-state index contributed by atoms with van der Waals surface area (Å²) in [6.45, 7) is 3.77. The summed E-state index contributed by atoms with van der Waals surface area (Å²) < 4.78 is 13.0. The van der Waals surface area contributed by atoms with Gasteiger partial charge in [0.25, 0.3) is 5.56 Å². The summed E-state index contributed by atoms with van der Waals surface area (Å²) in [4.78, 5) is 32.5. The van der Waals surface area contributed by atoms with E-state index in [0.717, 1.165) is 32.7 Å². The smallest absolute Gasteiger partial charge is 0.338 e. The van der Waals surface area contributed by atoms with E-state index in [0.29, 0.717) is 26.4 Å². The van der Waals surface area contributed by atoms with Crippen LogP contribution in [0.2, 0.25) is 0 Å². The predicted molar refractivity (Wildman–Crippen MR) is 155 cm³/mol. The molecule has 0 radical (unpaired) electrons. The van der Waals surface area contributed by atoms with E-state index in [1.54, 1.807) is 25.5 Å². The minimum Gasteiger partial charge on any atom is -0.497 e. The second-order valence-corrected chi connectivity index (χ2v) is 10.3. The van der Waals surface area contributed by atoms with Crippen LogP contribution in [0.3, 0.4) is 0 Å². The van der Waals surface area contributed by atoms with Gasteiger partial charge in [-0.15, -0.1) is 0 Å². The number of hydrogen-bond acceptors (Lipinski definition) is 6. The van der Waals surface area contributed by atoms with Gasteiger partial charge in [-0.25, -0.2) is 9.79 Å². The average Bonchev–Trinajstić information content (AvgIpc) is 3.26. The summed E-state index contributed by atoms with van der Waals surface area (Å²) in [5, 5.41) is 4.33. The molecular formula is C32H26N2O4S. The fourth-order valence-electron chi connectivity index (χ4n) is 5.25. The largest absolute Gasteiger partial charge is 0.497 e. The zero-order valence-corrected chi connectivity index (χ0v) is 22.6. The van der Waals surface area contributed by atoms with Crippen molar-refractivity contribution < 1.29 is 14.3 Å². The highest BCUT2D eigenvalue weighted by Crippen LogP contribution is 2.33. The molecule has 1 aliphatic rings. The first kappa shape index (κ1) is 24.8. The molecule has 0 amide bonds. The van der Waals surface area contributed by atoms with Crippen molar-refractivity contribution >= 4 is 44.9 Å². The van der Waals surface area contributed by atoms with Crippen molar-refractivity contribution in [3.8, 4) is 5.75 Å². The molecule has 1 aromatic heterocycles. The van der Waals surface area contributed by atoms with Gasteiger partial charge in [0.1, 0.15) is 5.75 Å². The lowest BCUT2D eigenvalue weighted by Crippen LogP contribution is -2.39. The fourth-order valence-corrected chi connectivity index (χ4v) is 6.28. The van der Waals surface area contributed by atoms with Gasteiger partial charge in [0.15, 0.2) is 4.80 Å². The van der Waals surface area contributed by atoms with Gasteiger partial charge in [-0.2, -0.15) is 0 Å². The third-order valence-corrected chi connectivity index (χ3v) is 8.00. The van der Waals surface area contributed by atoms with E-state index in [4.69, 9.17) is 14.5 Å². The van der Waals surface area contributed by atoms with Crippen molar-refractivity contribution in [1.29, 1.82) is 0 Å². The first-order valence-corrected chi connectivity index (χ1v) is 13.6. The Balaban J connectivity index is 1.64. The fraction of sp³-hybridized carbons (Fsp3) is 0.156. The lowest BCUT2D eigenvalue weighted by molar-refractivity contribution is -0.139. The van der Waals surface area contributed by atoms with Crippen LogP contribution >= 0.6 is 11.3 Å². The van der Waals surface area contributed by atoms with E-state index in [2.05, 4.69) is 30.3 Å². The van der Waals surface area contributed by atoms with Gasteiger partial charge >= 0.3 is 5.97 Å². The minimum atomic E-state index is -0.693. The predicted octanol–water partition coefficient (Wildman–Crippen LogP) is 5.11. The maximum Gasteiger partial charge on any atom is 0.338 e. The van der Waals surface area contributed by atoms with Crippen molar-refractivity contribution in [1.82, 2.24) is 4.57 Å². The van der Waals surface area contributed by atoms with Gasteiger partial charge in [0, 0.05) is 0 Å². The lowest BCUT2D eigenvalue weighted by Gasteiger charge is -2.25. The molecule has 194 valence electrons. The number of carbonyl (C=O) groups is 1. The summed E-state index contributed by atoms with van der Waals surface area (Å²) >= 11 is 1.32. The van der Waals surface area contributed by atoms with E-state index in [1.165, 1.54) is 11.3 Å². The number of carbonyl (C=O) groups excluding carboxylic acids is 1. The lowest BCUT2D eigenvalue weighted by atomic mass is 9.95. The highest BCUT2D eigenvalue weighted by molar-refractivity contribution is 7.07. The SMILES string of the molecule is CCOC(=O)C1=C(C)N=c2sc(=Cc3c4ccccc4cc4ccccc34)c(=O)n2C1c1cccc(OC)c1. The van der Waals surface area contributed by atoms with Crippen molar-refractivity contribution in [3.05, 3.63) is 121 Å². The third-order valence-electron chi connectivity index (χ3n) is 7.01. The molecule has 0 aliphatic carbocycles. The Kier molecular flexibility index (Phi) is 6.37. The summed E-state index contributed by atoms with van der Waals surface area (Å²) in [6, 6.07) is 25.3. The van der Waals surface area contributed by atoms with Crippen LogP contribution in [0.15, 0.2) is 99.9 Å². The topological polar surface area (TPSA) is 69.9 Å². The first-order valence-electron chi connectivity index (χ1n) is 12.7. The Hall–Kier alpha value is -4.49. The number of esters is 1. The standard InChI is InChI=1S/C32H26N2O4S/c1-4-38-31(36)28-19(2)33-32-34(29(28)22-12-9-13-23(17-22)37-3)30(35)27(39-32)18-26-24-14-7-5-10-20(24)16-21-11-6-8-15-25(21)26/h5-18,29H,4H2,1-3H3. The maximum absolute atomic E-state index is 14.1. The third kappa shape index (κ3) is 4.25. The molecule has 2 heterocycles. The first-order chi connectivity index (χ1) is 19.0. The number of ether oxygens (including phenoxy) is 2. The molecule has 0 spiro atoms. The van der Waals surface area contributed by atoms with Crippen molar-refractivity contribution in [2.75, 3.05) is 13.7 Å². The normalized spacial score (nSPS) is 15.4. The number of nitrogens with zero attached hydrogens (tertiary/aromatic N) is 2. The number of methoxy groups -OCH3 is 1. The molecule has 5 aromatic rings. The molecule has 0 bridgehead atoms. The van der Waals surface area contributed by atoms with Gasteiger partial charge in [-0.05, 0) is 70.8 Å². The summed E-state index contributed by atoms with van der Waals surface area (Å²) in [5.41, 5.74) is 2.39. The van der Waals surface area contributed by atoms with E-state index in [-0.39, 0.29) is 12.2 Å². The second-order valence-electron chi connectivity index (χ2n) is 9.31. The molecule has 4 aromatic carbocycles. The molecule has 0 saturated heterocycles. The zero-order valence-electron chi connectivity index (χ0n) is 21.8. The highest BCUT2D eigenvalue weighted by Gasteiger charge is 2.33. The monoisotopic (exact) mass is 534 g/mol. The van der Waals surface area contributed by atoms with Crippen molar-refractivity contribution in [2.45, 2.75) is 19.9 Å². The maximum atomic E-state index is 14.1. The number of allylic oxidation sites excluding steroid dienone is 1. The number of rotatable bonds is 5. The quantitative estimate of drug-likeness (QED) is 0.232. The molecule has 6 rings (SSSR count). The van der Waals surface area contributed by atoms with Gasteiger partial charge < -0.3 is 9.47 Å². The second kappa shape index (κ2) is 10.0. The van der Waals surface area contributed by atoms with Crippen LogP contribution in [0.5, 0.6) is 5.75 Å². The van der Waals surface area contributed by atoms with Crippen LogP contribution in [0, 0.1) is 0 Å². The molecule has 39 heavy (non-hydrogen) atoms. The Morgan fingerprint density at radius 3 is 2.36 bits per heavy atom. The molecule has 0 fully saturated rings. The van der Waals surface area contributed by atoms with E-state index < -0.39 is 12.0 Å². The number of fused-ring (bicyclic) bond motifs is 3. The van der Waals surface area contributed by atoms with Crippen LogP contribution in [-0.4, -0.2) is 24.3 Å². The summed E-state index contributed by atoms with van der Waals surface area (Å²) in [7, 11) is 1.59. The molecular weight excluding hydrogens is 508 g/mol. The van der Waals surface area contributed by atoms with Crippen LogP contribution in [0.1, 0.15) is 31.0 Å². The van der Waals surface area contributed by atoms with Gasteiger partial charge in [-0.1, -0.05) is 72.0 Å². The summed E-state index contributed by atoms with van der Waals surface area (Å²) in [6.07, 6.45) is 1.96. The Labute approximate surface area is 228 Å². The Morgan fingerprint density at radius 1 is 1.00 bits per heavy atom. The average molecular weight is 535 g/mol. The minimum absolute atomic E-state index is 0.210. The van der Waals surface area contributed by atoms with Crippen LogP contribution in [0.25, 0.3) is 27.6 Å².